The number of aromatic nitrogens is 2. The first-order valence-corrected chi connectivity index (χ1v) is 4.05. The zero-order valence-electron chi connectivity index (χ0n) is 7.83. The molecule has 1 heterocycles. The number of hydrogen-bond donors (Lipinski definition) is 1. The number of hydrogen-bond acceptors (Lipinski definition) is 2. The standard InChI is InChI=1S/C9H15N3/c1-8-9(5-4-6-10-2)7-11-12(8)3/h4-5,7,10H,6H2,1-3H3. The lowest BCUT2D eigenvalue weighted by Gasteiger charge is -1.93. The molecule has 0 amide bonds. The molecule has 3 nitrogen and oxygen atoms in total. The fourth-order valence-corrected chi connectivity index (χ4v) is 0.983. The third-order valence-electron chi connectivity index (χ3n) is 1.89. The largest absolute Gasteiger partial charge is 0.316 e. The average Bonchev–Trinajstić information content (AvgIpc) is 2.36. The molecule has 3 heteroatoms. The van der Waals surface area contributed by atoms with E-state index in [-0.39, 0.29) is 0 Å². The van der Waals surface area contributed by atoms with Crippen molar-refractivity contribution in [1.29, 1.82) is 0 Å². The SMILES string of the molecule is CNCC=Cc1cnn(C)c1C. The molecule has 0 aromatic carbocycles. The third kappa shape index (κ3) is 1.95. The Labute approximate surface area is 73.1 Å². The number of likely N-dealkylation sites (N-methyl/N-ethyl adjacent to an activating group) is 1. The van der Waals surface area contributed by atoms with E-state index >= 15 is 0 Å². The first-order chi connectivity index (χ1) is 5.75. The lowest BCUT2D eigenvalue weighted by atomic mass is 10.2. The Bertz CT molecular complexity index is 273. The smallest absolute Gasteiger partial charge is 0.0564 e. The second-order valence-electron chi connectivity index (χ2n) is 2.77. The van der Waals surface area contributed by atoms with Crippen LogP contribution >= 0.6 is 0 Å². The summed E-state index contributed by atoms with van der Waals surface area (Å²) in [6.45, 7) is 2.96. The van der Waals surface area contributed by atoms with E-state index in [4.69, 9.17) is 0 Å². The summed E-state index contributed by atoms with van der Waals surface area (Å²) < 4.78 is 1.87. The maximum Gasteiger partial charge on any atom is 0.0564 e. The number of nitrogens with one attached hydrogen (secondary N) is 1. The molecule has 0 radical (unpaired) electrons. The lowest BCUT2D eigenvalue weighted by Crippen LogP contribution is -2.03. The molecule has 0 saturated carbocycles. The molecule has 0 aliphatic heterocycles. The molecular weight excluding hydrogens is 150 g/mol. The Balaban J connectivity index is 2.69. The van der Waals surface area contributed by atoms with Gasteiger partial charge in [0, 0.05) is 24.8 Å². The summed E-state index contributed by atoms with van der Waals surface area (Å²) in [5.74, 6) is 0. The van der Waals surface area contributed by atoms with E-state index < -0.39 is 0 Å². The minimum absolute atomic E-state index is 0.897. The maximum atomic E-state index is 4.14. The van der Waals surface area contributed by atoms with Crippen LogP contribution in [-0.4, -0.2) is 23.4 Å². The summed E-state index contributed by atoms with van der Waals surface area (Å²) >= 11 is 0. The molecule has 1 aromatic heterocycles. The molecule has 0 spiro atoms. The van der Waals surface area contributed by atoms with Crippen LogP contribution in [0.1, 0.15) is 11.3 Å². The van der Waals surface area contributed by atoms with Gasteiger partial charge in [-0.15, -0.1) is 0 Å². The Morgan fingerprint density at radius 1 is 1.67 bits per heavy atom. The molecule has 1 aromatic rings. The van der Waals surface area contributed by atoms with Gasteiger partial charge in [-0.2, -0.15) is 5.10 Å². The Kier molecular flexibility index (Phi) is 3.05. The van der Waals surface area contributed by atoms with Crippen LogP contribution in [0.2, 0.25) is 0 Å². The number of nitrogens with zero attached hydrogens (tertiary/aromatic N) is 2. The summed E-state index contributed by atoms with van der Waals surface area (Å²) in [4.78, 5) is 0. The minimum Gasteiger partial charge on any atom is -0.316 e. The second-order valence-corrected chi connectivity index (χ2v) is 2.77. The summed E-state index contributed by atoms with van der Waals surface area (Å²) in [5, 5.41) is 7.19. The molecule has 12 heavy (non-hydrogen) atoms. The van der Waals surface area contributed by atoms with E-state index in [1.54, 1.807) is 0 Å². The van der Waals surface area contributed by atoms with Gasteiger partial charge >= 0.3 is 0 Å². The van der Waals surface area contributed by atoms with E-state index in [1.807, 2.05) is 25.0 Å². The average molecular weight is 165 g/mol. The van der Waals surface area contributed by atoms with Crippen LogP contribution in [0.5, 0.6) is 0 Å². The zero-order valence-corrected chi connectivity index (χ0v) is 7.83. The van der Waals surface area contributed by atoms with Gasteiger partial charge in [0.2, 0.25) is 0 Å². The molecular formula is C9H15N3. The van der Waals surface area contributed by atoms with Gasteiger partial charge in [0.15, 0.2) is 0 Å². The van der Waals surface area contributed by atoms with Crippen LogP contribution in [0.4, 0.5) is 0 Å². The fraction of sp³-hybridized carbons (Fsp3) is 0.444. The van der Waals surface area contributed by atoms with Gasteiger partial charge in [-0.05, 0) is 14.0 Å². The molecule has 0 aliphatic rings. The van der Waals surface area contributed by atoms with Crippen molar-refractivity contribution in [2.75, 3.05) is 13.6 Å². The highest BCUT2D eigenvalue weighted by atomic mass is 15.3. The van der Waals surface area contributed by atoms with Crippen molar-refractivity contribution < 1.29 is 0 Å². The van der Waals surface area contributed by atoms with Crippen LogP contribution in [0.15, 0.2) is 12.3 Å². The molecule has 66 valence electrons. The van der Waals surface area contributed by atoms with Crippen LogP contribution in [0, 0.1) is 6.92 Å². The minimum atomic E-state index is 0.897. The molecule has 0 saturated heterocycles. The van der Waals surface area contributed by atoms with Gasteiger partial charge in [0.1, 0.15) is 0 Å². The van der Waals surface area contributed by atoms with Gasteiger partial charge in [0.05, 0.1) is 6.20 Å². The first-order valence-electron chi connectivity index (χ1n) is 4.05. The molecule has 0 atom stereocenters. The van der Waals surface area contributed by atoms with Crippen molar-refractivity contribution in [2.45, 2.75) is 6.92 Å². The second kappa shape index (κ2) is 4.07. The monoisotopic (exact) mass is 165 g/mol. The number of aryl methyl sites for hydroxylation is 1. The van der Waals surface area contributed by atoms with E-state index in [0.717, 1.165) is 6.54 Å². The van der Waals surface area contributed by atoms with Crippen molar-refractivity contribution in [1.82, 2.24) is 15.1 Å². The van der Waals surface area contributed by atoms with Gasteiger partial charge in [-0.1, -0.05) is 12.2 Å². The number of rotatable bonds is 3. The molecule has 1 N–H and O–H groups in total. The summed E-state index contributed by atoms with van der Waals surface area (Å²) in [6, 6.07) is 0. The van der Waals surface area contributed by atoms with Gasteiger partial charge in [-0.25, -0.2) is 0 Å². The molecule has 0 aliphatic carbocycles. The van der Waals surface area contributed by atoms with Crippen molar-refractivity contribution in [3.63, 3.8) is 0 Å². The normalized spacial score (nSPS) is 11.2. The van der Waals surface area contributed by atoms with Crippen LogP contribution in [0.3, 0.4) is 0 Å². The molecule has 0 bridgehead atoms. The summed E-state index contributed by atoms with van der Waals surface area (Å²) in [7, 11) is 3.88. The highest BCUT2D eigenvalue weighted by molar-refractivity contribution is 5.50. The summed E-state index contributed by atoms with van der Waals surface area (Å²) in [5.41, 5.74) is 2.38. The Morgan fingerprint density at radius 2 is 2.42 bits per heavy atom. The topological polar surface area (TPSA) is 29.9 Å². The first kappa shape index (κ1) is 9.00. The van der Waals surface area contributed by atoms with E-state index in [2.05, 4.69) is 29.5 Å². The highest BCUT2D eigenvalue weighted by Crippen LogP contribution is 2.06. The van der Waals surface area contributed by atoms with Crippen molar-refractivity contribution in [2.24, 2.45) is 7.05 Å². The van der Waals surface area contributed by atoms with Crippen LogP contribution in [0.25, 0.3) is 6.08 Å². The molecule has 0 unspecified atom stereocenters. The quantitative estimate of drug-likeness (QED) is 0.723. The third-order valence-corrected chi connectivity index (χ3v) is 1.89. The van der Waals surface area contributed by atoms with Crippen LogP contribution in [-0.2, 0) is 7.05 Å². The Morgan fingerprint density at radius 3 is 2.92 bits per heavy atom. The predicted molar refractivity (Wildman–Crippen MR) is 50.9 cm³/mol. The van der Waals surface area contributed by atoms with Crippen LogP contribution < -0.4 is 5.32 Å². The highest BCUT2D eigenvalue weighted by Gasteiger charge is 1.97. The van der Waals surface area contributed by atoms with Crippen molar-refractivity contribution in [3.8, 4) is 0 Å². The summed E-state index contributed by atoms with van der Waals surface area (Å²) in [6.07, 6.45) is 6.05. The van der Waals surface area contributed by atoms with Gasteiger partial charge in [0.25, 0.3) is 0 Å². The lowest BCUT2D eigenvalue weighted by molar-refractivity contribution is 0.740. The molecule has 0 fully saturated rings. The Hall–Kier alpha value is -1.09. The zero-order chi connectivity index (χ0) is 8.97. The van der Waals surface area contributed by atoms with E-state index in [1.165, 1.54) is 11.3 Å². The van der Waals surface area contributed by atoms with Gasteiger partial charge in [-0.3, -0.25) is 4.68 Å². The fourth-order valence-electron chi connectivity index (χ4n) is 0.983. The predicted octanol–water partition coefficient (Wildman–Crippen LogP) is 0.961. The van der Waals surface area contributed by atoms with Crippen molar-refractivity contribution in [3.05, 3.63) is 23.5 Å². The van der Waals surface area contributed by atoms with Crippen molar-refractivity contribution >= 4 is 6.08 Å². The van der Waals surface area contributed by atoms with Gasteiger partial charge < -0.3 is 5.32 Å². The molecule has 1 rings (SSSR count). The van der Waals surface area contributed by atoms with E-state index in [0.29, 0.717) is 0 Å². The van der Waals surface area contributed by atoms with E-state index in [9.17, 15) is 0 Å². The maximum absolute atomic E-state index is 4.14.